The number of methoxy groups -OCH3 is 2. The highest BCUT2D eigenvalue weighted by Gasteiger charge is 2.25. The molecule has 10 N–H and O–H groups in total. The van der Waals surface area contributed by atoms with E-state index in [0.29, 0.717) is 34.1 Å². The van der Waals surface area contributed by atoms with Crippen LogP contribution in [0, 0.1) is 0 Å². The zero-order chi connectivity index (χ0) is 61.7. The summed E-state index contributed by atoms with van der Waals surface area (Å²) in [6.07, 6.45) is -1.37. The van der Waals surface area contributed by atoms with E-state index in [-0.39, 0.29) is 82.0 Å². The molecule has 8 rings (SSSR count). The molecule has 86 heavy (non-hydrogen) atoms. The number of phenolic OH excluding ortho intramolecular Hbond substituents is 2. The maximum Gasteiger partial charge on any atom is 0.411 e. The van der Waals surface area contributed by atoms with Gasteiger partial charge in [-0.05, 0) is 143 Å². The number of azo groups is 2. The molecule has 2 amide bonds. The fourth-order valence-electron chi connectivity index (χ4n) is 8.07. The van der Waals surface area contributed by atoms with E-state index in [9.17, 15) is 65.5 Å². The van der Waals surface area contributed by atoms with Crippen molar-refractivity contribution < 1.29 is 94.0 Å². The molecule has 0 fully saturated rings. The number of carboxylic acids is 2. The predicted molar refractivity (Wildman–Crippen MR) is 310 cm³/mol. The Morgan fingerprint density at radius 2 is 0.814 bits per heavy atom. The van der Waals surface area contributed by atoms with Crippen molar-refractivity contribution in [3.8, 4) is 34.1 Å². The second kappa shape index (κ2) is 27.3. The summed E-state index contributed by atoms with van der Waals surface area (Å²) in [4.78, 5) is 45.8. The molecule has 30 heteroatoms. The van der Waals surface area contributed by atoms with Crippen LogP contribution in [0.3, 0.4) is 0 Å². The number of ether oxygens (including phenoxy) is 6. The van der Waals surface area contributed by atoms with Gasteiger partial charge in [-0.1, -0.05) is 12.1 Å². The van der Waals surface area contributed by atoms with Crippen LogP contribution in [0.5, 0.6) is 23.0 Å². The molecule has 0 unspecified atom stereocenters. The minimum absolute atomic E-state index is 0.0556. The van der Waals surface area contributed by atoms with E-state index in [1.165, 1.54) is 74.9 Å². The van der Waals surface area contributed by atoms with Gasteiger partial charge < -0.3 is 59.5 Å². The number of hydrogen-bond donors (Lipinski definition) is 10. The fraction of sp³-hybridized carbons (Fsp3) is 0.143. The van der Waals surface area contributed by atoms with E-state index in [0.717, 1.165) is 12.1 Å². The molecule has 0 aliphatic rings. The van der Waals surface area contributed by atoms with E-state index in [2.05, 4.69) is 41.7 Å². The third kappa shape index (κ3) is 16.0. The van der Waals surface area contributed by atoms with Crippen molar-refractivity contribution in [2.75, 3.05) is 75.1 Å². The highest BCUT2D eigenvalue weighted by Crippen LogP contribution is 2.46. The highest BCUT2D eigenvalue weighted by atomic mass is 32.2. The number of anilines is 6. The van der Waals surface area contributed by atoms with Crippen LogP contribution in [0.15, 0.2) is 164 Å². The number of nitrogens with one attached hydrogen (secondary N) is 4. The Hall–Kier alpha value is -10.5. The molecule has 0 aromatic heterocycles. The van der Waals surface area contributed by atoms with Gasteiger partial charge in [0.2, 0.25) is 0 Å². The molecular formula is C56H50N8O20S2. The van der Waals surface area contributed by atoms with Gasteiger partial charge in [-0.15, -0.1) is 20.5 Å². The molecule has 28 nitrogen and oxygen atoms in total. The lowest BCUT2D eigenvalue weighted by atomic mass is 10.0. The number of aliphatic carboxylic acids is 2. The highest BCUT2D eigenvalue weighted by molar-refractivity contribution is 7.86. The maximum atomic E-state index is 12.8. The second-order valence-electron chi connectivity index (χ2n) is 18.0. The molecule has 0 heterocycles. The van der Waals surface area contributed by atoms with E-state index < -0.39 is 90.2 Å². The molecule has 0 bridgehead atoms. The lowest BCUT2D eigenvalue weighted by Gasteiger charge is -2.13. The van der Waals surface area contributed by atoms with Crippen LogP contribution >= 0.6 is 0 Å². The first kappa shape index (κ1) is 61.6. The van der Waals surface area contributed by atoms with Gasteiger partial charge in [-0.3, -0.25) is 19.7 Å². The van der Waals surface area contributed by atoms with Crippen molar-refractivity contribution in [2.45, 2.75) is 9.79 Å². The van der Waals surface area contributed by atoms with Gasteiger partial charge in [-0.2, -0.15) is 16.8 Å². The van der Waals surface area contributed by atoms with Gasteiger partial charge in [0.15, 0.2) is 24.7 Å². The van der Waals surface area contributed by atoms with Crippen molar-refractivity contribution in [2.24, 2.45) is 20.5 Å². The molecule has 8 aromatic rings. The maximum absolute atomic E-state index is 12.8. The van der Waals surface area contributed by atoms with Crippen LogP contribution < -0.4 is 30.7 Å². The summed E-state index contributed by atoms with van der Waals surface area (Å²) in [7, 11) is -7.30. The van der Waals surface area contributed by atoms with Gasteiger partial charge in [-0.25, -0.2) is 19.2 Å². The number of rotatable bonds is 25. The van der Waals surface area contributed by atoms with Crippen LogP contribution in [0.1, 0.15) is 0 Å². The Kier molecular flexibility index (Phi) is 19.5. The quantitative estimate of drug-likeness (QED) is 0.0144. The number of nitrogens with zero attached hydrogens (tertiary/aromatic N) is 4. The minimum Gasteiger partial charge on any atom is -0.505 e. The summed E-state index contributed by atoms with van der Waals surface area (Å²) >= 11 is 0. The number of fused-ring (bicyclic) bond motifs is 2. The number of benzene rings is 8. The minimum atomic E-state index is -5.12. The molecule has 0 aliphatic carbocycles. The Labute approximate surface area is 487 Å². The number of carbonyl (C=O) groups excluding carboxylic acids is 2. The van der Waals surface area contributed by atoms with E-state index in [1.807, 2.05) is 0 Å². The van der Waals surface area contributed by atoms with Crippen molar-refractivity contribution in [1.82, 2.24) is 0 Å². The largest absolute Gasteiger partial charge is 0.505 e. The van der Waals surface area contributed by atoms with Gasteiger partial charge in [0.1, 0.15) is 57.3 Å². The third-order valence-corrected chi connectivity index (χ3v) is 13.7. The van der Waals surface area contributed by atoms with Gasteiger partial charge in [0, 0.05) is 59.1 Å². The molecular weight excluding hydrogens is 1170 g/mol. The number of amides is 2. The first-order valence-electron chi connectivity index (χ1n) is 25.0. The SMILES string of the molecule is COCCOC(=O)Nc1ccc(Nc2ccc3c(O)c(N=Nc4ccc(-c5ccc(N=Nc6c(S(=O)(=O)O)cc7cc(Nc8ccc(NC(=O)OCCOC)cc8)ccc7c6O)c(OCC(=O)O)c5)cc4OCC(=O)O)c(S(=O)(=O)O)cc3c2)cc1. The van der Waals surface area contributed by atoms with Crippen molar-refractivity contribution >= 4 is 123 Å². The van der Waals surface area contributed by atoms with Crippen LogP contribution in [-0.2, 0) is 48.8 Å². The molecule has 446 valence electrons. The molecule has 0 aliphatic heterocycles. The number of aromatic hydroxyl groups is 2. The third-order valence-electron chi connectivity index (χ3n) is 12.0. The number of hydrogen-bond acceptors (Lipinski definition) is 22. The van der Waals surface area contributed by atoms with E-state index in [4.69, 9.17) is 28.4 Å². The lowest BCUT2D eigenvalue weighted by Crippen LogP contribution is -2.16. The zero-order valence-corrected chi connectivity index (χ0v) is 46.6. The molecule has 0 spiro atoms. The van der Waals surface area contributed by atoms with Gasteiger partial charge in [0.05, 0.1) is 13.2 Å². The Balaban J connectivity index is 1.05. The van der Waals surface area contributed by atoms with E-state index in [1.54, 1.807) is 60.7 Å². The first-order valence-corrected chi connectivity index (χ1v) is 27.9. The fourth-order valence-corrected chi connectivity index (χ4v) is 9.38. The van der Waals surface area contributed by atoms with Gasteiger partial charge >= 0.3 is 24.1 Å². The smallest absolute Gasteiger partial charge is 0.411 e. The summed E-state index contributed by atoms with van der Waals surface area (Å²) in [5.74, 6) is -4.76. The first-order chi connectivity index (χ1) is 41.1. The van der Waals surface area contributed by atoms with Crippen molar-refractivity contribution in [3.63, 3.8) is 0 Å². The molecule has 0 saturated heterocycles. The average molecular weight is 1220 g/mol. The number of carboxylic acid groups (broad SMARTS) is 2. The normalized spacial score (nSPS) is 11.6. The standard InChI is InChI=1S/C56H50N8O20S2/c1-79-19-21-81-55(71)59-37-9-5-35(6-10-37)57-39-13-15-41-33(23-39)27-47(85(73,74)75)51(53(41)69)63-61-43-17-3-31(25-45(43)83-29-49(65)66)32-4-18-44(46(26-32)84-30-50(67)68)62-64-52-48(86(76,77)78)28-34-24-40(14-16-42(34)54(52)70)58-36-7-11-38(12-8-36)60-56(72)82-22-20-80-2/h3-18,23-28,57-58,69-70H,19-22,29-30H2,1-2H3,(H,59,71)(H,60,72)(H,65,66)(H,67,68)(H,73,74,75)(H,76,77,78). The monoisotopic (exact) mass is 1220 g/mol. The van der Waals surface area contributed by atoms with Crippen molar-refractivity contribution in [3.05, 3.63) is 133 Å². The summed E-state index contributed by atoms with van der Waals surface area (Å²) in [5, 5.41) is 69.9. The number of carbonyl (C=O) groups is 4. The summed E-state index contributed by atoms with van der Waals surface area (Å²) < 4.78 is 103. The molecule has 0 radical (unpaired) electrons. The zero-order valence-electron chi connectivity index (χ0n) is 44.9. The van der Waals surface area contributed by atoms with Crippen LogP contribution in [-0.4, -0.2) is 124 Å². The van der Waals surface area contributed by atoms with Crippen LogP contribution in [0.2, 0.25) is 0 Å². The molecule has 8 aromatic carbocycles. The number of phenols is 2. The lowest BCUT2D eigenvalue weighted by molar-refractivity contribution is -0.140. The van der Waals surface area contributed by atoms with Crippen LogP contribution in [0.4, 0.5) is 66.5 Å². The summed E-state index contributed by atoms with van der Waals surface area (Å²) in [5.41, 5.74) is 1.49. The topological polar surface area (TPSA) is 411 Å². The van der Waals surface area contributed by atoms with E-state index >= 15 is 0 Å². The second-order valence-corrected chi connectivity index (χ2v) is 20.8. The molecule has 0 saturated carbocycles. The molecule has 0 atom stereocenters. The van der Waals surface area contributed by atoms with Gasteiger partial charge in [0.25, 0.3) is 20.2 Å². The van der Waals surface area contributed by atoms with Crippen molar-refractivity contribution in [1.29, 1.82) is 0 Å². The summed E-state index contributed by atoms with van der Waals surface area (Å²) in [6.45, 7) is -1.29. The Morgan fingerprint density at radius 1 is 0.453 bits per heavy atom. The average Bonchev–Trinajstić information content (AvgIpc) is 0.923. The van der Waals surface area contributed by atoms with Crippen LogP contribution in [0.25, 0.3) is 32.7 Å². The Morgan fingerprint density at radius 3 is 1.16 bits per heavy atom. The predicted octanol–water partition coefficient (Wildman–Crippen LogP) is 11.2. The summed E-state index contributed by atoms with van der Waals surface area (Å²) in [6, 6.07) is 32.0. The Bertz CT molecular complexity index is 3920.